The lowest BCUT2D eigenvalue weighted by atomic mass is 9.83. The van der Waals surface area contributed by atoms with E-state index in [1.54, 1.807) is 24.1 Å². The Bertz CT molecular complexity index is 919. The maximum atomic E-state index is 13.9. The third-order valence-electron chi connectivity index (χ3n) is 5.84. The number of amides is 2. The monoisotopic (exact) mass is 445 g/mol. The first-order valence-corrected chi connectivity index (χ1v) is 10.9. The van der Waals surface area contributed by atoms with Crippen LogP contribution in [0.2, 0.25) is 5.02 Å². The first kappa shape index (κ1) is 23.2. The third kappa shape index (κ3) is 5.83. The molecule has 0 radical (unpaired) electrons. The van der Waals surface area contributed by atoms with Crippen LogP contribution in [-0.2, 0) is 9.59 Å². The summed E-state index contributed by atoms with van der Waals surface area (Å²) in [5, 5.41) is 3.83. The summed E-state index contributed by atoms with van der Waals surface area (Å²) in [7, 11) is 5.66. The Morgan fingerprint density at radius 3 is 2.61 bits per heavy atom. The third-order valence-corrected chi connectivity index (χ3v) is 6.09. The molecule has 1 N–H and O–H groups in total. The molecule has 0 bridgehead atoms. The first-order chi connectivity index (χ1) is 14.8. The molecule has 2 amide bonds. The molecular formula is C24H29ClFN3O2. The Balaban J connectivity index is 1.86. The van der Waals surface area contributed by atoms with Crippen molar-refractivity contribution in [2.45, 2.75) is 31.3 Å². The Labute approximate surface area is 188 Å². The van der Waals surface area contributed by atoms with Crippen molar-refractivity contribution < 1.29 is 14.0 Å². The molecule has 7 heteroatoms. The van der Waals surface area contributed by atoms with Gasteiger partial charge in [0, 0.05) is 18.5 Å². The largest absolute Gasteiger partial charge is 0.349 e. The van der Waals surface area contributed by atoms with E-state index in [4.69, 9.17) is 11.6 Å². The highest BCUT2D eigenvalue weighted by Gasteiger charge is 2.39. The average molecular weight is 446 g/mol. The highest BCUT2D eigenvalue weighted by molar-refractivity contribution is 6.30. The Morgan fingerprint density at radius 2 is 1.97 bits per heavy atom. The molecule has 1 aliphatic rings. The molecule has 3 rings (SSSR count). The quantitative estimate of drug-likeness (QED) is 0.695. The number of hydrogen-bond donors (Lipinski definition) is 1. The second kappa shape index (κ2) is 10.2. The van der Waals surface area contributed by atoms with Gasteiger partial charge in [0.2, 0.25) is 11.8 Å². The van der Waals surface area contributed by atoms with Gasteiger partial charge >= 0.3 is 0 Å². The van der Waals surface area contributed by atoms with Gasteiger partial charge in [-0.05, 0) is 68.9 Å². The maximum Gasteiger partial charge on any atom is 0.226 e. The van der Waals surface area contributed by atoms with E-state index in [1.165, 1.54) is 12.1 Å². The van der Waals surface area contributed by atoms with Crippen molar-refractivity contribution in [1.29, 1.82) is 0 Å². The summed E-state index contributed by atoms with van der Waals surface area (Å²) in [6.07, 6.45) is 1.45. The number of piperidine rings is 1. The van der Waals surface area contributed by atoms with Crippen LogP contribution in [-0.4, -0.2) is 49.3 Å². The fourth-order valence-electron chi connectivity index (χ4n) is 4.14. The number of nitrogens with one attached hydrogen (secondary N) is 1. The topological polar surface area (TPSA) is 52.7 Å². The second-order valence-electron chi connectivity index (χ2n) is 8.35. The molecular weight excluding hydrogens is 417 g/mol. The normalized spacial score (nSPS) is 20.1. The average Bonchev–Trinajstić information content (AvgIpc) is 2.73. The van der Waals surface area contributed by atoms with Gasteiger partial charge in [-0.15, -0.1) is 0 Å². The van der Waals surface area contributed by atoms with Crippen LogP contribution >= 0.6 is 11.6 Å². The van der Waals surface area contributed by atoms with Crippen LogP contribution in [0.15, 0.2) is 48.5 Å². The minimum absolute atomic E-state index is 0.0415. The minimum atomic E-state index is -0.503. The van der Waals surface area contributed by atoms with Gasteiger partial charge < -0.3 is 15.1 Å². The van der Waals surface area contributed by atoms with E-state index in [2.05, 4.69) is 10.2 Å². The fraction of sp³-hybridized carbons (Fsp3) is 0.417. The number of likely N-dealkylation sites (tertiary alicyclic amines) is 1. The van der Waals surface area contributed by atoms with E-state index in [-0.39, 0.29) is 23.7 Å². The van der Waals surface area contributed by atoms with Gasteiger partial charge in [0.15, 0.2) is 0 Å². The lowest BCUT2D eigenvalue weighted by Gasteiger charge is -2.39. The number of rotatable bonds is 7. The van der Waals surface area contributed by atoms with Gasteiger partial charge in [-0.1, -0.05) is 35.9 Å². The summed E-state index contributed by atoms with van der Waals surface area (Å²) >= 11 is 6.04. The van der Waals surface area contributed by atoms with Crippen LogP contribution in [0.3, 0.4) is 0 Å². The van der Waals surface area contributed by atoms with Crippen molar-refractivity contribution in [3.05, 3.63) is 70.5 Å². The van der Waals surface area contributed by atoms with Gasteiger partial charge in [0.1, 0.15) is 5.82 Å². The SMILES string of the molecule is CN(C)CCC(NC(=O)C1CCC(=O)N(C)C1c1cccc(F)c1)c1ccc(Cl)cc1. The van der Waals surface area contributed by atoms with Crippen molar-refractivity contribution in [3.8, 4) is 0 Å². The van der Waals surface area contributed by atoms with Crippen LogP contribution in [0.5, 0.6) is 0 Å². The van der Waals surface area contributed by atoms with Crippen molar-refractivity contribution >= 4 is 23.4 Å². The van der Waals surface area contributed by atoms with Crippen LogP contribution in [0, 0.1) is 11.7 Å². The minimum Gasteiger partial charge on any atom is -0.349 e. The molecule has 0 aliphatic carbocycles. The van der Waals surface area contributed by atoms with E-state index < -0.39 is 12.0 Å². The zero-order valence-electron chi connectivity index (χ0n) is 18.1. The van der Waals surface area contributed by atoms with E-state index >= 15 is 0 Å². The molecule has 5 nitrogen and oxygen atoms in total. The molecule has 166 valence electrons. The predicted octanol–water partition coefficient (Wildman–Crippen LogP) is 4.20. The zero-order valence-corrected chi connectivity index (χ0v) is 18.9. The molecule has 3 unspecified atom stereocenters. The molecule has 31 heavy (non-hydrogen) atoms. The molecule has 0 aromatic heterocycles. The van der Waals surface area contributed by atoms with E-state index in [1.807, 2.05) is 38.4 Å². The first-order valence-electron chi connectivity index (χ1n) is 10.5. The molecule has 0 spiro atoms. The number of hydrogen-bond acceptors (Lipinski definition) is 3. The molecule has 1 saturated heterocycles. The van der Waals surface area contributed by atoms with Gasteiger partial charge in [0.25, 0.3) is 0 Å². The van der Waals surface area contributed by atoms with Crippen molar-refractivity contribution in [1.82, 2.24) is 15.1 Å². The Hall–Kier alpha value is -2.44. The Kier molecular flexibility index (Phi) is 7.68. The van der Waals surface area contributed by atoms with Crippen molar-refractivity contribution in [2.24, 2.45) is 5.92 Å². The van der Waals surface area contributed by atoms with Crippen LogP contribution in [0.25, 0.3) is 0 Å². The van der Waals surface area contributed by atoms with E-state index in [0.717, 1.165) is 18.5 Å². The van der Waals surface area contributed by atoms with Crippen LogP contribution in [0.1, 0.15) is 42.5 Å². The summed E-state index contributed by atoms with van der Waals surface area (Å²) in [5.41, 5.74) is 1.61. The van der Waals surface area contributed by atoms with Gasteiger partial charge in [-0.25, -0.2) is 4.39 Å². The van der Waals surface area contributed by atoms with Crippen molar-refractivity contribution in [3.63, 3.8) is 0 Å². The number of benzene rings is 2. The molecule has 1 aliphatic heterocycles. The zero-order chi connectivity index (χ0) is 22.5. The van der Waals surface area contributed by atoms with Crippen LogP contribution < -0.4 is 5.32 Å². The second-order valence-corrected chi connectivity index (χ2v) is 8.79. The number of nitrogens with zero attached hydrogens (tertiary/aromatic N) is 2. The smallest absolute Gasteiger partial charge is 0.226 e. The standard InChI is InChI=1S/C24H29ClFN3O2/c1-28(2)14-13-21(16-7-9-18(25)10-8-16)27-24(31)20-11-12-22(30)29(3)23(20)17-5-4-6-19(26)15-17/h4-10,15,20-21,23H,11-14H2,1-3H3,(H,27,31). The highest BCUT2D eigenvalue weighted by Crippen LogP contribution is 2.36. The molecule has 0 saturated carbocycles. The van der Waals surface area contributed by atoms with Gasteiger partial charge in [0.05, 0.1) is 18.0 Å². The number of halogens is 2. The molecule has 3 atom stereocenters. The highest BCUT2D eigenvalue weighted by atomic mass is 35.5. The summed E-state index contributed by atoms with van der Waals surface area (Å²) in [4.78, 5) is 29.4. The molecule has 1 fully saturated rings. The van der Waals surface area contributed by atoms with E-state index in [0.29, 0.717) is 23.4 Å². The molecule has 2 aromatic carbocycles. The number of carbonyl (C=O) groups is 2. The Morgan fingerprint density at radius 1 is 1.26 bits per heavy atom. The summed E-state index contributed by atoms with van der Waals surface area (Å²) in [5.74, 6) is -1.01. The maximum absolute atomic E-state index is 13.9. The van der Waals surface area contributed by atoms with Gasteiger partial charge in [-0.3, -0.25) is 9.59 Å². The van der Waals surface area contributed by atoms with E-state index in [9.17, 15) is 14.0 Å². The van der Waals surface area contributed by atoms with Crippen molar-refractivity contribution in [2.75, 3.05) is 27.7 Å². The lowest BCUT2D eigenvalue weighted by Crippen LogP contribution is -2.47. The van der Waals surface area contributed by atoms with Gasteiger partial charge in [-0.2, -0.15) is 0 Å². The predicted molar refractivity (Wildman–Crippen MR) is 120 cm³/mol. The summed E-state index contributed by atoms with van der Waals surface area (Å²) < 4.78 is 13.9. The molecule has 2 aromatic rings. The molecule has 1 heterocycles. The van der Waals surface area contributed by atoms with Crippen LogP contribution in [0.4, 0.5) is 4.39 Å². The number of carbonyl (C=O) groups excluding carboxylic acids is 2. The fourth-order valence-corrected chi connectivity index (χ4v) is 4.27. The summed E-state index contributed by atoms with van der Waals surface area (Å²) in [6, 6.07) is 12.9. The lowest BCUT2D eigenvalue weighted by molar-refractivity contribution is -0.142. The summed E-state index contributed by atoms with van der Waals surface area (Å²) in [6.45, 7) is 0.796.